The number of hydrogen-bond acceptors (Lipinski definition) is 7. The van der Waals surface area contributed by atoms with Crippen molar-refractivity contribution in [2.24, 2.45) is 17.2 Å². The number of aromatic nitrogens is 2. The molecule has 0 saturated heterocycles. The molecule has 0 radical (unpaired) electrons. The van der Waals surface area contributed by atoms with E-state index in [9.17, 15) is 4.79 Å². The van der Waals surface area contributed by atoms with Crippen LogP contribution in [0.15, 0.2) is 0 Å². The summed E-state index contributed by atoms with van der Waals surface area (Å²) in [6, 6.07) is -0.423. The summed E-state index contributed by atoms with van der Waals surface area (Å²) in [5.74, 6) is -0.333. The number of amides is 1. The molecule has 1 aromatic heterocycles. The van der Waals surface area contributed by atoms with E-state index in [0.29, 0.717) is 11.6 Å². The molecule has 0 aromatic carbocycles. The Morgan fingerprint density at radius 1 is 1.60 bits per heavy atom. The largest absolute Gasteiger partial charge is 0.394 e. The highest BCUT2D eigenvalue weighted by Crippen LogP contribution is 2.14. The molecule has 1 rings (SSSR count). The quantitative estimate of drug-likeness (QED) is 0.499. The molecule has 7 nitrogen and oxygen atoms in total. The lowest BCUT2D eigenvalue weighted by atomic mass is 10.4. The Bertz CT molecular complexity index is 299. The standard InChI is InChI=1S/C5H10N4OS.C2H5NO/c6-1-4-8-9-5(11-4)3(7)2-10;1-2(3)4/h3,10H,1-2,6-7H2;1H3,(H2,3,4)/t3-;/m0./s1. The molecule has 0 bridgehead atoms. The number of primary amides is 1. The van der Waals surface area contributed by atoms with Crippen LogP contribution in [0, 0.1) is 0 Å². The summed E-state index contributed by atoms with van der Waals surface area (Å²) in [6.07, 6.45) is 0. The Labute approximate surface area is 91.3 Å². The first-order valence-corrected chi connectivity index (χ1v) is 4.97. The van der Waals surface area contributed by atoms with Crippen molar-refractivity contribution in [2.45, 2.75) is 19.5 Å². The molecule has 0 aliphatic carbocycles. The zero-order valence-corrected chi connectivity index (χ0v) is 9.20. The highest BCUT2D eigenvalue weighted by molar-refractivity contribution is 7.11. The molecule has 0 aliphatic rings. The van der Waals surface area contributed by atoms with Crippen molar-refractivity contribution >= 4 is 17.2 Å². The smallest absolute Gasteiger partial charge is 0.214 e. The molecule has 15 heavy (non-hydrogen) atoms. The molecule has 86 valence electrons. The average Bonchev–Trinajstić information content (AvgIpc) is 2.64. The lowest BCUT2D eigenvalue weighted by Crippen LogP contribution is -2.13. The van der Waals surface area contributed by atoms with Gasteiger partial charge in [0.2, 0.25) is 5.91 Å². The molecule has 7 N–H and O–H groups in total. The second kappa shape index (κ2) is 7.23. The fourth-order valence-corrected chi connectivity index (χ4v) is 1.29. The van der Waals surface area contributed by atoms with E-state index in [1.807, 2.05) is 0 Å². The number of carbonyl (C=O) groups excluding carboxylic acids is 1. The van der Waals surface area contributed by atoms with E-state index in [0.717, 1.165) is 5.01 Å². The highest BCUT2D eigenvalue weighted by Gasteiger charge is 2.09. The van der Waals surface area contributed by atoms with Gasteiger partial charge in [-0.05, 0) is 0 Å². The molecule has 1 aromatic rings. The van der Waals surface area contributed by atoms with Gasteiger partial charge >= 0.3 is 0 Å². The molecule has 8 heteroatoms. The number of hydrogen-bond donors (Lipinski definition) is 4. The summed E-state index contributed by atoms with van der Waals surface area (Å²) in [5.41, 5.74) is 15.3. The fourth-order valence-electron chi connectivity index (χ4n) is 0.577. The Kier molecular flexibility index (Phi) is 6.71. The first-order chi connectivity index (χ1) is 7.01. The van der Waals surface area contributed by atoms with Crippen LogP contribution < -0.4 is 17.2 Å². The number of carbonyl (C=O) groups is 1. The molecule has 1 heterocycles. The summed E-state index contributed by atoms with van der Waals surface area (Å²) in [4.78, 5) is 9.22. The van der Waals surface area contributed by atoms with Gasteiger partial charge in [-0.1, -0.05) is 11.3 Å². The minimum absolute atomic E-state index is 0.112. The summed E-state index contributed by atoms with van der Waals surface area (Å²) in [7, 11) is 0. The maximum atomic E-state index is 9.22. The fraction of sp³-hybridized carbons (Fsp3) is 0.571. The van der Waals surface area contributed by atoms with Crippen LogP contribution in [0.2, 0.25) is 0 Å². The Morgan fingerprint density at radius 3 is 2.47 bits per heavy atom. The molecular formula is C7H15N5O2S. The number of nitrogens with zero attached hydrogens (tertiary/aromatic N) is 2. The predicted molar refractivity (Wildman–Crippen MR) is 56.7 cm³/mol. The van der Waals surface area contributed by atoms with Crippen molar-refractivity contribution in [1.29, 1.82) is 0 Å². The van der Waals surface area contributed by atoms with Crippen LogP contribution in [0.1, 0.15) is 23.0 Å². The van der Waals surface area contributed by atoms with E-state index in [1.54, 1.807) is 0 Å². The van der Waals surface area contributed by atoms with Crippen LogP contribution in [0.25, 0.3) is 0 Å². The summed E-state index contributed by atoms with van der Waals surface area (Å²) in [6.45, 7) is 1.56. The number of nitrogens with two attached hydrogens (primary N) is 3. The van der Waals surface area contributed by atoms with E-state index < -0.39 is 6.04 Å². The number of aliphatic hydroxyl groups excluding tert-OH is 1. The van der Waals surface area contributed by atoms with Gasteiger partial charge in [0.15, 0.2) is 0 Å². The van der Waals surface area contributed by atoms with Crippen LogP contribution in [0.3, 0.4) is 0 Å². The third kappa shape index (κ3) is 6.07. The zero-order chi connectivity index (χ0) is 11.8. The molecule has 1 atom stereocenters. The normalized spacial score (nSPS) is 11.5. The van der Waals surface area contributed by atoms with Crippen LogP contribution >= 0.6 is 11.3 Å². The van der Waals surface area contributed by atoms with Crippen molar-refractivity contribution < 1.29 is 9.90 Å². The predicted octanol–water partition coefficient (Wildman–Crippen LogP) is -1.52. The first-order valence-electron chi connectivity index (χ1n) is 4.16. The van der Waals surface area contributed by atoms with Crippen molar-refractivity contribution in [1.82, 2.24) is 10.2 Å². The summed E-state index contributed by atoms with van der Waals surface area (Å²) in [5, 5.41) is 17.5. The van der Waals surface area contributed by atoms with Crippen molar-refractivity contribution in [3.8, 4) is 0 Å². The summed E-state index contributed by atoms with van der Waals surface area (Å²) >= 11 is 1.33. The van der Waals surface area contributed by atoms with Gasteiger partial charge < -0.3 is 22.3 Å². The second-order valence-corrected chi connectivity index (χ2v) is 3.73. The monoisotopic (exact) mass is 233 g/mol. The summed E-state index contributed by atoms with van der Waals surface area (Å²) < 4.78 is 0. The highest BCUT2D eigenvalue weighted by atomic mass is 32.1. The maximum Gasteiger partial charge on any atom is 0.214 e. The SMILES string of the molecule is CC(N)=O.NCc1nnc([C@@H](N)CO)s1. The third-order valence-corrected chi connectivity index (χ3v) is 2.25. The van der Waals surface area contributed by atoms with Crippen molar-refractivity contribution in [2.75, 3.05) is 6.61 Å². The van der Waals surface area contributed by atoms with Crippen molar-refractivity contribution in [3.63, 3.8) is 0 Å². The molecule has 0 aliphatic heterocycles. The zero-order valence-electron chi connectivity index (χ0n) is 8.38. The van der Waals surface area contributed by atoms with Gasteiger partial charge in [-0.2, -0.15) is 0 Å². The topological polar surface area (TPSA) is 141 Å². The average molecular weight is 233 g/mol. The van der Waals surface area contributed by atoms with Crippen molar-refractivity contribution in [3.05, 3.63) is 10.0 Å². The third-order valence-electron chi connectivity index (χ3n) is 1.17. The minimum atomic E-state index is -0.423. The maximum absolute atomic E-state index is 9.22. The van der Waals surface area contributed by atoms with Gasteiger partial charge in [0.1, 0.15) is 10.0 Å². The van der Waals surface area contributed by atoms with E-state index in [1.165, 1.54) is 18.3 Å². The Morgan fingerprint density at radius 2 is 2.13 bits per heavy atom. The molecule has 0 spiro atoms. The van der Waals surface area contributed by atoms with E-state index in [-0.39, 0.29) is 12.5 Å². The molecular weight excluding hydrogens is 218 g/mol. The number of aliphatic hydroxyl groups is 1. The first kappa shape index (κ1) is 13.9. The number of rotatable bonds is 3. The van der Waals surface area contributed by atoms with Gasteiger partial charge in [-0.15, -0.1) is 10.2 Å². The van der Waals surface area contributed by atoms with Crippen LogP contribution in [0.5, 0.6) is 0 Å². The van der Waals surface area contributed by atoms with Gasteiger partial charge in [0.05, 0.1) is 12.6 Å². The molecule has 0 unspecified atom stereocenters. The van der Waals surface area contributed by atoms with Gasteiger partial charge in [0, 0.05) is 13.5 Å². The molecule has 0 fully saturated rings. The minimum Gasteiger partial charge on any atom is -0.394 e. The lowest BCUT2D eigenvalue weighted by molar-refractivity contribution is -0.115. The second-order valence-electron chi connectivity index (χ2n) is 2.64. The van der Waals surface area contributed by atoms with E-state index >= 15 is 0 Å². The lowest BCUT2D eigenvalue weighted by Gasteiger charge is -1.99. The molecule has 1 amide bonds. The van der Waals surface area contributed by atoms with E-state index in [2.05, 4.69) is 15.9 Å². The van der Waals surface area contributed by atoms with Crippen LogP contribution in [-0.4, -0.2) is 27.8 Å². The Balaban J connectivity index is 0.000000423. The van der Waals surface area contributed by atoms with Crippen LogP contribution in [0.4, 0.5) is 0 Å². The van der Waals surface area contributed by atoms with Gasteiger partial charge in [-0.25, -0.2) is 0 Å². The van der Waals surface area contributed by atoms with E-state index in [4.69, 9.17) is 16.6 Å². The molecule has 0 saturated carbocycles. The Hall–Kier alpha value is -1.09. The van der Waals surface area contributed by atoms with Gasteiger partial charge in [-0.3, -0.25) is 4.79 Å². The van der Waals surface area contributed by atoms with Crippen LogP contribution in [-0.2, 0) is 11.3 Å². The van der Waals surface area contributed by atoms with Gasteiger partial charge in [0.25, 0.3) is 0 Å².